The van der Waals surface area contributed by atoms with Crippen LogP contribution in [0.5, 0.6) is 0 Å². The Kier molecular flexibility index (Phi) is 7.19. The van der Waals surface area contributed by atoms with E-state index >= 15 is 0 Å². The van der Waals surface area contributed by atoms with Crippen LogP contribution in [-0.4, -0.2) is 74.9 Å². The van der Waals surface area contributed by atoms with Crippen molar-refractivity contribution in [2.45, 2.75) is 12.5 Å². The van der Waals surface area contributed by atoms with Gasteiger partial charge >= 0.3 is 11.7 Å². The fourth-order valence-corrected chi connectivity index (χ4v) is 5.02. The van der Waals surface area contributed by atoms with Crippen molar-refractivity contribution in [2.24, 2.45) is 4.99 Å². The number of carboxylic acids is 1. The van der Waals surface area contributed by atoms with Crippen LogP contribution in [0, 0.1) is 0 Å². The number of likely N-dealkylation sites (N-methyl/N-ethyl adjacent to an activating group) is 1. The Balaban J connectivity index is 1.42. The molecule has 1 aliphatic heterocycles. The zero-order chi connectivity index (χ0) is 26.6. The second kappa shape index (κ2) is 10.9. The van der Waals surface area contributed by atoms with Crippen molar-refractivity contribution in [2.75, 3.05) is 33.2 Å². The molecule has 38 heavy (non-hydrogen) atoms. The largest absolute Gasteiger partial charge is 0.478 e. The standard InChI is InChI=1S/C29H30N6O3/c1-30-14-16-32(2)17-18-33-15-12-25(20-33)35-27-26(7-4-13-31-27)34(29(35)38)24-10-8-21(9-11-24)22-5-3-6-23(19-22)28(36)37/h3-11,13-14,16,19,25H,1,12,15,17-18,20H2,2H3,(H,36,37)/b16-14-. The van der Waals surface area contributed by atoms with Gasteiger partial charge in [0.05, 0.1) is 22.8 Å². The number of aliphatic imine (C=N–C) groups is 1. The Bertz CT molecular complexity index is 1550. The molecule has 9 heteroatoms. The first kappa shape index (κ1) is 25.2. The predicted octanol–water partition coefficient (Wildman–Crippen LogP) is 3.90. The molecule has 0 bridgehead atoms. The van der Waals surface area contributed by atoms with E-state index in [1.165, 1.54) is 0 Å². The number of fused-ring (bicyclic) bond motifs is 1. The van der Waals surface area contributed by atoms with Crippen molar-refractivity contribution < 1.29 is 9.90 Å². The van der Waals surface area contributed by atoms with Crippen LogP contribution in [0.4, 0.5) is 0 Å². The molecule has 1 atom stereocenters. The minimum atomic E-state index is -0.963. The van der Waals surface area contributed by atoms with Crippen LogP contribution in [0.2, 0.25) is 0 Å². The van der Waals surface area contributed by atoms with Crippen molar-refractivity contribution in [3.63, 3.8) is 0 Å². The molecule has 2 aromatic carbocycles. The smallest absolute Gasteiger partial charge is 0.335 e. The van der Waals surface area contributed by atoms with E-state index in [0.29, 0.717) is 5.65 Å². The van der Waals surface area contributed by atoms with Crippen LogP contribution in [0.1, 0.15) is 22.8 Å². The number of rotatable bonds is 9. The van der Waals surface area contributed by atoms with Gasteiger partial charge in [0.15, 0.2) is 5.65 Å². The highest BCUT2D eigenvalue weighted by atomic mass is 16.4. The van der Waals surface area contributed by atoms with Gasteiger partial charge < -0.3 is 10.0 Å². The first-order chi connectivity index (χ1) is 18.5. The zero-order valence-electron chi connectivity index (χ0n) is 21.3. The molecule has 1 aliphatic rings. The number of nitrogens with zero attached hydrogens (tertiary/aromatic N) is 6. The van der Waals surface area contributed by atoms with E-state index in [4.69, 9.17) is 0 Å². The van der Waals surface area contributed by atoms with Crippen LogP contribution in [-0.2, 0) is 0 Å². The Morgan fingerprint density at radius 1 is 1.18 bits per heavy atom. The molecule has 4 aromatic rings. The minimum absolute atomic E-state index is 0.0369. The second-order valence-electron chi connectivity index (χ2n) is 9.47. The Morgan fingerprint density at radius 3 is 2.76 bits per heavy atom. The third kappa shape index (κ3) is 5.01. The SMILES string of the molecule is C=N/C=C\N(C)CCN1CCC(n2c(=O)n(-c3ccc(-c4cccc(C(=O)O)c4)cc3)c3cccnc32)C1. The van der Waals surface area contributed by atoms with Crippen molar-refractivity contribution in [1.82, 2.24) is 23.9 Å². The van der Waals surface area contributed by atoms with Gasteiger partial charge in [0, 0.05) is 51.8 Å². The van der Waals surface area contributed by atoms with Crippen LogP contribution < -0.4 is 5.69 Å². The molecule has 194 valence electrons. The fraction of sp³-hybridized carbons (Fsp3) is 0.241. The summed E-state index contributed by atoms with van der Waals surface area (Å²) in [5.41, 5.74) is 3.99. The molecule has 0 saturated carbocycles. The number of carboxylic acid groups (broad SMARTS) is 1. The van der Waals surface area contributed by atoms with Crippen molar-refractivity contribution in [3.05, 3.63) is 95.3 Å². The summed E-state index contributed by atoms with van der Waals surface area (Å²) in [5, 5.41) is 9.31. The number of carbonyl (C=O) groups is 1. The molecule has 5 rings (SSSR count). The van der Waals surface area contributed by atoms with E-state index < -0.39 is 5.97 Å². The van der Waals surface area contributed by atoms with Crippen molar-refractivity contribution >= 4 is 23.9 Å². The highest BCUT2D eigenvalue weighted by Gasteiger charge is 2.28. The Morgan fingerprint density at radius 2 is 2.00 bits per heavy atom. The van der Waals surface area contributed by atoms with Crippen LogP contribution >= 0.6 is 0 Å². The maximum atomic E-state index is 13.8. The minimum Gasteiger partial charge on any atom is -0.478 e. The van der Waals surface area contributed by atoms with Crippen molar-refractivity contribution in [1.29, 1.82) is 0 Å². The molecule has 0 aliphatic carbocycles. The predicted molar refractivity (Wildman–Crippen MR) is 149 cm³/mol. The lowest BCUT2D eigenvalue weighted by Gasteiger charge is -2.20. The summed E-state index contributed by atoms with van der Waals surface area (Å²) >= 11 is 0. The second-order valence-corrected chi connectivity index (χ2v) is 9.47. The maximum Gasteiger partial charge on any atom is 0.335 e. The van der Waals surface area contributed by atoms with E-state index in [9.17, 15) is 14.7 Å². The molecule has 0 spiro atoms. The number of benzene rings is 2. The van der Waals surface area contributed by atoms with E-state index in [1.807, 2.05) is 60.3 Å². The molecular formula is C29H30N6O3. The highest BCUT2D eigenvalue weighted by molar-refractivity contribution is 5.89. The molecule has 0 radical (unpaired) electrons. The van der Waals surface area contributed by atoms with Gasteiger partial charge in [0.1, 0.15) is 0 Å². The van der Waals surface area contributed by atoms with Gasteiger partial charge in [0.25, 0.3) is 0 Å². The molecule has 1 unspecified atom stereocenters. The highest BCUT2D eigenvalue weighted by Crippen LogP contribution is 2.27. The van der Waals surface area contributed by atoms with Crippen LogP contribution in [0.15, 0.2) is 89.0 Å². The Hall–Kier alpha value is -4.50. The molecule has 9 nitrogen and oxygen atoms in total. The van der Waals surface area contributed by atoms with Crippen LogP contribution in [0.3, 0.4) is 0 Å². The van der Waals surface area contributed by atoms with Gasteiger partial charge in [-0.05, 0) is 60.7 Å². The third-order valence-electron chi connectivity index (χ3n) is 7.01. The van der Waals surface area contributed by atoms with Gasteiger partial charge in [-0.3, -0.25) is 19.0 Å². The summed E-state index contributed by atoms with van der Waals surface area (Å²) < 4.78 is 3.55. The molecule has 1 saturated heterocycles. The van der Waals surface area contributed by atoms with Gasteiger partial charge in [-0.25, -0.2) is 14.6 Å². The fourth-order valence-electron chi connectivity index (χ4n) is 5.02. The van der Waals surface area contributed by atoms with Crippen molar-refractivity contribution in [3.8, 4) is 16.8 Å². The quantitative estimate of drug-likeness (QED) is 0.343. The average Bonchev–Trinajstić information content (AvgIpc) is 3.52. The van der Waals surface area contributed by atoms with E-state index in [2.05, 4.69) is 26.5 Å². The van der Waals surface area contributed by atoms with E-state index in [1.54, 1.807) is 35.2 Å². The van der Waals surface area contributed by atoms with Crippen LogP contribution in [0.25, 0.3) is 28.0 Å². The van der Waals surface area contributed by atoms with Gasteiger partial charge in [0.2, 0.25) is 0 Å². The number of likely N-dealkylation sites (tertiary alicyclic amines) is 1. The normalized spacial score (nSPS) is 15.9. The summed E-state index contributed by atoms with van der Waals surface area (Å²) in [4.78, 5) is 38.0. The lowest BCUT2D eigenvalue weighted by atomic mass is 10.0. The molecule has 2 aromatic heterocycles. The number of pyridine rings is 1. The first-order valence-electron chi connectivity index (χ1n) is 12.5. The third-order valence-corrected chi connectivity index (χ3v) is 7.01. The molecule has 0 amide bonds. The average molecular weight is 511 g/mol. The summed E-state index contributed by atoms with van der Waals surface area (Å²) in [6, 6.07) is 18.2. The number of imidazole rings is 1. The lowest BCUT2D eigenvalue weighted by molar-refractivity contribution is 0.0697. The molecule has 3 heterocycles. The van der Waals surface area contributed by atoms with Gasteiger partial charge in [-0.2, -0.15) is 0 Å². The number of aromatic carboxylic acids is 1. The maximum absolute atomic E-state index is 13.8. The summed E-state index contributed by atoms with van der Waals surface area (Å²) in [5.74, 6) is -0.963. The molecule has 1 fully saturated rings. The molecular weight excluding hydrogens is 480 g/mol. The topological polar surface area (TPSA) is 96.0 Å². The van der Waals surface area contributed by atoms with Gasteiger partial charge in [-0.1, -0.05) is 24.3 Å². The summed E-state index contributed by atoms with van der Waals surface area (Å²) in [6.45, 7) is 6.91. The monoisotopic (exact) mass is 510 g/mol. The lowest BCUT2D eigenvalue weighted by Crippen LogP contribution is -2.32. The zero-order valence-corrected chi connectivity index (χ0v) is 21.3. The molecule has 1 N–H and O–H groups in total. The summed E-state index contributed by atoms with van der Waals surface area (Å²) in [7, 11) is 2.01. The Labute approximate surface area is 220 Å². The number of hydrogen-bond acceptors (Lipinski definition) is 6. The first-order valence-corrected chi connectivity index (χ1v) is 12.5. The summed E-state index contributed by atoms with van der Waals surface area (Å²) in [6.07, 6.45) is 6.17. The number of hydrogen-bond donors (Lipinski definition) is 1. The van der Waals surface area contributed by atoms with Gasteiger partial charge in [-0.15, -0.1) is 0 Å². The number of aromatic nitrogens is 3. The van der Waals surface area contributed by atoms with E-state index in [0.717, 1.165) is 54.9 Å². The van der Waals surface area contributed by atoms with E-state index in [-0.39, 0.29) is 17.3 Å².